The molecule has 2 aliphatic rings. The van der Waals surface area contributed by atoms with Crippen LogP contribution in [0.25, 0.3) is 0 Å². The molecule has 2 fully saturated rings. The Morgan fingerprint density at radius 3 is 2.41 bits per heavy atom. The number of rotatable bonds is 6. The van der Waals surface area contributed by atoms with Crippen molar-refractivity contribution >= 4 is 11.6 Å². The van der Waals surface area contributed by atoms with E-state index in [1.807, 2.05) is 19.1 Å². The largest absolute Gasteiger partial charge is 0.497 e. The minimum absolute atomic E-state index is 0.00187. The monoisotopic (exact) mass is 375 g/mol. The standard InChI is InChI=1S/C21H33N3O3/c1-16(21(25)22-19-15-18(26-2)7-8-20(19)27-3)23-13-9-17(10-14-23)24-11-5-4-6-12-24/h7-8,15-17H,4-6,9-14H2,1-3H3,(H,22,25)/t16-/m0/s1. The minimum Gasteiger partial charge on any atom is -0.497 e. The predicted molar refractivity (Wildman–Crippen MR) is 108 cm³/mol. The van der Waals surface area contributed by atoms with Crippen LogP contribution in [0.3, 0.4) is 0 Å². The van der Waals surface area contributed by atoms with Gasteiger partial charge in [0.1, 0.15) is 11.5 Å². The number of methoxy groups -OCH3 is 2. The van der Waals surface area contributed by atoms with E-state index in [-0.39, 0.29) is 11.9 Å². The molecule has 1 aromatic rings. The molecule has 0 spiro atoms. The van der Waals surface area contributed by atoms with E-state index < -0.39 is 0 Å². The van der Waals surface area contributed by atoms with Crippen LogP contribution in [0.5, 0.6) is 11.5 Å². The number of hydrogen-bond donors (Lipinski definition) is 1. The zero-order valence-electron chi connectivity index (χ0n) is 16.9. The van der Waals surface area contributed by atoms with Crippen molar-refractivity contribution in [3.63, 3.8) is 0 Å². The van der Waals surface area contributed by atoms with E-state index >= 15 is 0 Å². The maximum absolute atomic E-state index is 12.8. The summed E-state index contributed by atoms with van der Waals surface area (Å²) in [6, 6.07) is 5.96. The van der Waals surface area contributed by atoms with Gasteiger partial charge in [-0.05, 0) is 57.8 Å². The summed E-state index contributed by atoms with van der Waals surface area (Å²) < 4.78 is 10.6. The van der Waals surface area contributed by atoms with Crippen LogP contribution < -0.4 is 14.8 Å². The number of piperidine rings is 2. The van der Waals surface area contributed by atoms with Crippen molar-refractivity contribution in [2.75, 3.05) is 45.7 Å². The van der Waals surface area contributed by atoms with Crippen LogP contribution in [0.2, 0.25) is 0 Å². The molecule has 2 saturated heterocycles. The number of benzene rings is 1. The van der Waals surface area contributed by atoms with E-state index in [9.17, 15) is 4.79 Å². The lowest BCUT2D eigenvalue weighted by Crippen LogP contribution is -2.51. The molecule has 1 N–H and O–H groups in total. The zero-order valence-corrected chi connectivity index (χ0v) is 16.9. The Kier molecular flexibility index (Phi) is 6.96. The molecule has 3 rings (SSSR count). The number of anilines is 1. The number of carbonyl (C=O) groups excluding carboxylic acids is 1. The fourth-order valence-corrected chi connectivity index (χ4v) is 4.24. The van der Waals surface area contributed by atoms with Gasteiger partial charge in [0.15, 0.2) is 0 Å². The molecule has 0 unspecified atom stereocenters. The van der Waals surface area contributed by atoms with Gasteiger partial charge in [-0.2, -0.15) is 0 Å². The molecule has 1 atom stereocenters. The smallest absolute Gasteiger partial charge is 0.241 e. The Labute approximate surface area is 162 Å². The summed E-state index contributed by atoms with van der Waals surface area (Å²) in [5, 5.41) is 3.01. The average Bonchev–Trinajstić information content (AvgIpc) is 2.73. The molecular formula is C21H33N3O3. The van der Waals surface area contributed by atoms with Gasteiger partial charge >= 0.3 is 0 Å². The molecule has 6 heteroatoms. The minimum atomic E-state index is -0.164. The van der Waals surface area contributed by atoms with Crippen molar-refractivity contribution in [2.45, 2.75) is 51.1 Å². The lowest BCUT2D eigenvalue weighted by Gasteiger charge is -2.41. The lowest BCUT2D eigenvalue weighted by molar-refractivity contribution is -0.121. The van der Waals surface area contributed by atoms with Crippen molar-refractivity contribution < 1.29 is 14.3 Å². The van der Waals surface area contributed by atoms with Gasteiger partial charge in [-0.25, -0.2) is 0 Å². The highest BCUT2D eigenvalue weighted by atomic mass is 16.5. The molecule has 1 amide bonds. The van der Waals surface area contributed by atoms with Crippen molar-refractivity contribution in [3.05, 3.63) is 18.2 Å². The molecule has 150 valence electrons. The van der Waals surface area contributed by atoms with Gasteiger partial charge in [-0.3, -0.25) is 9.69 Å². The summed E-state index contributed by atoms with van der Waals surface area (Å²) in [5.74, 6) is 1.33. The molecule has 2 heterocycles. The Hall–Kier alpha value is -1.79. The summed E-state index contributed by atoms with van der Waals surface area (Å²) in [7, 11) is 3.22. The summed E-state index contributed by atoms with van der Waals surface area (Å²) in [6.07, 6.45) is 6.35. The van der Waals surface area contributed by atoms with Crippen LogP contribution in [0, 0.1) is 0 Å². The van der Waals surface area contributed by atoms with Crippen LogP contribution in [0.1, 0.15) is 39.0 Å². The maximum atomic E-state index is 12.8. The van der Waals surface area contributed by atoms with Gasteiger partial charge < -0.3 is 19.7 Å². The summed E-state index contributed by atoms with van der Waals surface area (Å²) in [5.41, 5.74) is 0.650. The lowest BCUT2D eigenvalue weighted by atomic mass is 9.99. The number of carbonyl (C=O) groups is 1. The summed E-state index contributed by atoms with van der Waals surface area (Å²) >= 11 is 0. The summed E-state index contributed by atoms with van der Waals surface area (Å²) in [6.45, 7) is 6.44. The predicted octanol–water partition coefficient (Wildman–Crippen LogP) is 2.98. The van der Waals surface area contributed by atoms with Crippen LogP contribution in [-0.2, 0) is 4.79 Å². The van der Waals surface area contributed by atoms with E-state index in [0.717, 1.165) is 25.9 Å². The number of nitrogens with one attached hydrogen (secondary N) is 1. The fourth-order valence-electron chi connectivity index (χ4n) is 4.24. The number of likely N-dealkylation sites (tertiary alicyclic amines) is 2. The third-order valence-corrected chi connectivity index (χ3v) is 6.00. The average molecular weight is 376 g/mol. The highest BCUT2D eigenvalue weighted by Gasteiger charge is 2.30. The van der Waals surface area contributed by atoms with Crippen LogP contribution in [-0.4, -0.2) is 68.2 Å². The maximum Gasteiger partial charge on any atom is 0.241 e. The first-order valence-electron chi connectivity index (χ1n) is 10.1. The number of amides is 1. The van der Waals surface area contributed by atoms with Crippen molar-refractivity contribution in [2.24, 2.45) is 0 Å². The van der Waals surface area contributed by atoms with Crippen LogP contribution >= 0.6 is 0 Å². The Morgan fingerprint density at radius 1 is 1.07 bits per heavy atom. The number of ether oxygens (including phenoxy) is 2. The molecule has 27 heavy (non-hydrogen) atoms. The van der Waals surface area contributed by atoms with E-state index in [0.29, 0.717) is 23.2 Å². The van der Waals surface area contributed by atoms with Gasteiger partial charge in [0.25, 0.3) is 0 Å². The van der Waals surface area contributed by atoms with E-state index in [1.165, 1.54) is 32.4 Å². The van der Waals surface area contributed by atoms with E-state index in [1.54, 1.807) is 20.3 Å². The van der Waals surface area contributed by atoms with Gasteiger partial charge in [0, 0.05) is 25.2 Å². The molecule has 0 saturated carbocycles. The highest BCUT2D eigenvalue weighted by molar-refractivity contribution is 5.96. The SMILES string of the molecule is COc1ccc(OC)c(NC(=O)[C@H](C)N2CCC(N3CCCCC3)CC2)c1. The first-order chi connectivity index (χ1) is 13.1. The van der Waals surface area contributed by atoms with E-state index in [4.69, 9.17) is 9.47 Å². The van der Waals surface area contributed by atoms with Crippen LogP contribution in [0.15, 0.2) is 18.2 Å². The zero-order chi connectivity index (χ0) is 19.2. The molecule has 6 nitrogen and oxygen atoms in total. The second kappa shape index (κ2) is 9.42. The van der Waals surface area contributed by atoms with Gasteiger partial charge in [0.2, 0.25) is 5.91 Å². The molecular weight excluding hydrogens is 342 g/mol. The molecule has 2 aliphatic heterocycles. The number of hydrogen-bond acceptors (Lipinski definition) is 5. The second-order valence-electron chi connectivity index (χ2n) is 7.60. The Balaban J connectivity index is 1.55. The molecule has 0 aromatic heterocycles. The Bertz CT molecular complexity index is 623. The summed E-state index contributed by atoms with van der Waals surface area (Å²) in [4.78, 5) is 17.8. The molecule has 0 aliphatic carbocycles. The Morgan fingerprint density at radius 2 is 1.78 bits per heavy atom. The quantitative estimate of drug-likeness (QED) is 0.828. The van der Waals surface area contributed by atoms with Gasteiger partial charge in [-0.1, -0.05) is 6.42 Å². The highest BCUT2D eigenvalue weighted by Crippen LogP contribution is 2.29. The molecule has 0 bridgehead atoms. The number of nitrogens with zero attached hydrogens (tertiary/aromatic N) is 2. The first kappa shape index (κ1) is 20.0. The van der Waals surface area contributed by atoms with E-state index in [2.05, 4.69) is 15.1 Å². The first-order valence-corrected chi connectivity index (χ1v) is 10.1. The second-order valence-corrected chi connectivity index (χ2v) is 7.60. The van der Waals surface area contributed by atoms with Crippen molar-refractivity contribution in [1.29, 1.82) is 0 Å². The van der Waals surface area contributed by atoms with Gasteiger partial charge in [-0.15, -0.1) is 0 Å². The van der Waals surface area contributed by atoms with Gasteiger partial charge in [0.05, 0.1) is 25.9 Å². The molecule has 1 aromatic carbocycles. The topological polar surface area (TPSA) is 54.0 Å². The van der Waals surface area contributed by atoms with Crippen LogP contribution in [0.4, 0.5) is 5.69 Å². The normalized spacial score (nSPS) is 20.9. The third kappa shape index (κ3) is 4.93. The van der Waals surface area contributed by atoms with Crippen molar-refractivity contribution in [3.8, 4) is 11.5 Å². The fraction of sp³-hybridized carbons (Fsp3) is 0.667. The third-order valence-electron chi connectivity index (χ3n) is 6.00. The van der Waals surface area contributed by atoms with Crippen molar-refractivity contribution in [1.82, 2.24) is 9.80 Å². The molecule has 0 radical (unpaired) electrons.